The molecule has 1 N–H and O–H groups in total. The van der Waals surface area contributed by atoms with Crippen molar-refractivity contribution in [2.75, 3.05) is 13.7 Å². The van der Waals surface area contributed by atoms with Gasteiger partial charge in [-0.3, -0.25) is 4.79 Å². The first-order chi connectivity index (χ1) is 10.2. The Kier molecular flexibility index (Phi) is 5.46. The van der Waals surface area contributed by atoms with Crippen molar-refractivity contribution in [3.8, 4) is 0 Å². The zero-order chi connectivity index (χ0) is 15.1. The van der Waals surface area contributed by atoms with Crippen molar-refractivity contribution < 1.29 is 13.9 Å². The predicted octanol–water partition coefficient (Wildman–Crippen LogP) is 3.07. The molecule has 0 bridgehead atoms. The summed E-state index contributed by atoms with van der Waals surface area (Å²) in [6.07, 6.45) is 0.273. The molecular weight excluding hydrogens is 269 g/mol. The van der Waals surface area contributed by atoms with E-state index in [-0.39, 0.29) is 24.2 Å². The second-order valence-electron chi connectivity index (χ2n) is 4.71. The summed E-state index contributed by atoms with van der Waals surface area (Å²) in [6, 6.07) is 15.4. The molecule has 1 unspecified atom stereocenters. The smallest absolute Gasteiger partial charge is 0.223 e. The van der Waals surface area contributed by atoms with Gasteiger partial charge >= 0.3 is 0 Å². The molecule has 1 amide bonds. The number of carbonyl (C=O) groups is 1. The summed E-state index contributed by atoms with van der Waals surface area (Å²) in [6.45, 7) is 0.358. The van der Waals surface area contributed by atoms with Gasteiger partial charge in [-0.25, -0.2) is 4.39 Å². The highest BCUT2D eigenvalue weighted by molar-refractivity contribution is 5.77. The van der Waals surface area contributed by atoms with Crippen LogP contribution in [0.3, 0.4) is 0 Å². The summed E-state index contributed by atoms with van der Waals surface area (Å²) in [5, 5.41) is 2.93. The van der Waals surface area contributed by atoms with E-state index < -0.39 is 0 Å². The van der Waals surface area contributed by atoms with Gasteiger partial charge < -0.3 is 10.1 Å². The van der Waals surface area contributed by atoms with Crippen molar-refractivity contribution in [1.29, 1.82) is 0 Å². The van der Waals surface area contributed by atoms with Crippen molar-refractivity contribution in [2.45, 2.75) is 12.5 Å². The largest absolute Gasteiger partial charge is 0.384 e. The standard InChI is InChI=1S/C17H18FNO2/c1-21-11-10-16(20)19-17(13-6-3-2-4-7-13)14-8-5-9-15(18)12-14/h2-9,12,17H,10-11H2,1H3,(H,19,20). The molecule has 0 spiro atoms. The molecule has 1 atom stereocenters. The molecule has 110 valence electrons. The van der Waals surface area contributed by atoms with Crippen LogP contribution in [0.4, 0.5) is 4.39 Å². The van der Waals surface area contributed by atoms with E-state index in [1.54, 1.807) is 19.2 Å². The maximum absolute atomic E-state index is 13.5. The van der Waals surface area contributed by atoms with Crippen LogP contribution >= 0.6 is 0 Å². The van der Waals surface area contributed by atoms with Gasteiger partial charge in [0.15, 0.2) is 0 Å². The first kappa shape index (κ1) is 15.2. The molecule has 2 aromatic carbocycles. The minimum Gasteiger partial charge on any atom is -0.384 e. The van der Waals surface area contributed by atoms with Crippen LogP contribution in [-0.2, 0) is 9.53 Å². The van der Waals surface area contributed by atoms with Gasteiger partial charge in [0, 0.05) is 13.5 Å². The minimum absolute atomic E-state index is 0.130. The lowest BCUT2D eigenvalue weighted by Crippen LogP contribution is -2.30. The fraction of sp³-hybridized carbons (Fsp3) is 0.235. The third-order valence-electron chi connectivity index (χ3n) is 3.15. The van der Waals surface area contributed by atoms with Crippen molar-refractivity contribution >= 4 is 5.91 Å². The summed E-state index contributed by atoms with van der Waals surface area (Å²) in [4.78, 5) is 12.0. The molecule has 0 saturated carbocycles. The van der Waals surface area contributed by atoms with Crippen LogP contribution in [0.15, 0.2) is 54.6 Å². The number of ether oxygens (including phenoxy) is 1. The van der Waals surface area contributed by atoms with Crippen molar-refractivity contribution in [3.05, 3.63) is 71.5 Å². The van der Waals surface area contributed by atoms with Crippen LogP contribution in [0.1, 0.15) is 23.6 Å². The molecular formula is C17H18FNO2. The molecule has 0 aliphatic heterocycles. The van der Waals surface area contributed by atoms with Crippen LogP contribution in [0.5, 0.6) is 0 Å². The zero-order valence-electron chi connectivity index (χ0n) is 11.9. The molecule has 3 nitrogen and oxygen atoms in total. The van der Waals surface area contributed by atoms with Gasteiger partial charge in [0.2, 0.25) is 5.91 Å². The fourth-order valence-corrected chi connectivity index (χ4v) is 2.12. The summed E-state index contributed by atoms with van der Waals surface area (Å²) >= 11 is 0. The lowest BCUT2D eigenvalue weighted by atomic mass is 9.98. The van der Waals surface area contributed by atoms with Crippen LogP contribution in [-0.4, -0.2) is 19.6 Å². The Bertz CT molecular complexity index is 586. The number of rotatable bonds is 6. The Hall–Kier alpha value is -2.20. The summed E-state index contributed by atoms with van der Waals surface area (Å²) in [7, 11) is 1.55. The van der Waals surface area contributed by atoms with Gasteiger partial charge in [-0.05, 0) is 23.3 Å². The van der Waals surface area contributed by atoms with Crippen LogP contribution in [0.25, 0.3) is 0 Å². The normalized spacial score (nSPS) is 11.9. The Morgan fingerprint density at radius 2 is 1.86 bits per heavy atom. The van der Waals surface area contributed by atoms with Gasteiger partial charge in [-0.15, -0.1) is 0 Å². The second kappa shape index (κ2) is 7.55. The first-order valence-corrected chi connectivity index (χ1v) is 6.79. The Morgan fingerprint density at radius 3 is 2.52 bits per heavy atom. The second-order valence-corrected chi connectivity index (χ2v) is 4.71. The third-order valence-corrected chi connectivity index (χ3v) is 3.15. The molecule has 0 heterocycles. The van der Waals surface area contributed by atoms with E-state index in [1.807, 2.05) is 30.3 Å². The minimum atomic E-state index is -0.369. The van der Waals surface area contributed by atoms with Crippen molar-refractivity contribution in [2.24, 2.45) is 0 Å². The molecule has 0 aromatic heterocycles. The van der Waals surface area contributed by atoms with Crippen LogP contribution < -0.4 is 5.32 Å². The maximum Gasteiger partial charge on any atom is 0.223 e. The Morgan fingerprint density at radius 1 is 1.14 bits per heavy atom. The molecule has 0 aliphatic rings. The topological polar surface area (TPSA) is 38.3 Å². The average Bonchev–Trinajstić information content (AvgIpc) is 2.51. The van der Waals surface area contributed by atoms with E-state index in [2.05, 4.69) is 5.32 Å². The van der Waals surface area contributed by atoms with E-state index in [4.69, 9.17) is 4.74 Å². The highest BCUT2D eigenvalue weighted by Gasteiger charge is 2.17. The van der Waals surface area contributed by atoms with Gasteiger partial charge in [0.25, 0.3) is 0 Å². The lowest BCUT2D eigenvalue weighted by Gasteiger charge is -2.20. The first-order valence-electron chi connectivity index (χ1n) is 6.79. The van der Waals surface area contributed by atoms with Crippen molar-refractivity contribution in [1.82, 2.24) is 5.32 Å². The van der Waals surface area contributed by atoms with Gasteiger partial charge in [-0.1, -0.05) is 42.5 Å². The van der Waals surface area contributed by atoms with E-state index in [9.17, 15) is 9.18 Å². The zero-order valence-corrected chi connectivity index (χ0v) is 11.9. The number of halogens is 1. The number of benzene rings is 2. The maximum atomic E-state index is 13.5. The monoisotopic (exact) mass is 287 g/mol. The van der Waals surface area contributed by atoms with Gasteiger partial charge in [0.05, 0.1) is 12.6 Å². The third kappa shape index (κ3) is 4.39. The number of hydrogen-bond acceptors (Lipinski definition) is 2. The summed E-state index contributed by atoms with van der Waals surface area (Å²) in [5.41, 5.74) is 1.63. The van der Waals surface area contributed by atoms with E-state index in [0.29, 0.717) is 12.2 Å². The summed E-state index contributed by atoms with van der Waals surface area (Å²) in [5.74, 6) is -0.450. The Labute approximate surface area is 123 Å². The molecule has 0 saturated heterocycles. The highest BCUT2D eigenvalue weighted by atomic mass is 19.1. The molecule has 0 radical (unpaired) electrons. The van der Waals surface area contributed by atoms with Gasteiger partial charge in [-0.2, -0.15) is 0 Å². The molecule has 21 heavy (non-hydrogen) atoms. The molecule has 0 fully saturated rings. The molecule has 2 aromatic rings. The predicted molar refractivity (Wildman–Crippen MR) is 79.3 cm³/mol. The number of amides is 1. The number of hydrogen-bond donors (Lipinski definition) is 1. The van der Waals surface area contributed by atoms with E-state index >= 15 is 0 Å². The van der Waals surface area contributed by atoms with E-state index in [0.717, 1.165) is 5.56 Å². The van der Waals surface area contributed by atoms with Crippen LogP contribution in [0.2, 0.25) is 0 Å². The number of nitrogens with one attached hydrogen (secondary N) is 1. The SMILES string of the molecule is COCCC(=O)NC(c1ccccc1)c1cccc(F)c1. The van der Waals surface area contributed by atoms with Crippen LogP contribution in [0, 0.1) is 5.82 Å². The Balaban J connectivity index is 2.25. The van der Waals surface area contributed by atoms with E-state index in [1.165, 1.54) is 12.1 Å². The van der Waals surface area contributed by atoms with Crippen molar-refractivity contribution in [3.63, 3.8) is 0 Å². The quantitative estimate of drug-likeness (QED) is 0.886. The summed E-state index contributed by atoms with van der Waals surface area (Å²) < 4.78 is 18.4. The molecule has 0 aliphatic carbocycles. The fourth-order valence-electron chi connectivity index (χ4n) is 2.12. The highest BCUT2D eigenvalue weighted by Crippen LogP contribution is 2.22. The molecule has 4 heteroatoms. The average molecular weight is 287 g/mol. The lowest BCUT2D eigenvalue weighted by molar-refractivity contribution is -0.122. The molecule has 2 rings (SSSR count). The number of methoxy groups -OCH3 is 1. The number of carbonyl (C=O) groups excluding carboxylic acids is 1. The van der Waals surface area contributed by atoms with Gasteiger partial charge in [0.1, 0.15) is 5.82 Å².